The molecule has 18 heavy (non-hydrogen) atoms. The van der Waals surface area contributed by atoms with Crippen LogP contribution in [0.25, 0.3) is 0 Å². The summed E-state index contributed by atoms with van der Waals surface area (Å²) in [5, 5.41) is 12.6. The first-order chi connectivity index (χ1) is 8.44. The summed E-state index contributed by atoms with van der Waals surface area (Å²) in [5.74, 6) is 0. The monoisotopic (exact) mass is 249 g/mol. The summed E-state index contributed by atoms with van der Waals surface area (Å²) in [7, 11) is 0. The highest BCUT2D eigenvalue weighted by molar-refractivity contribution is 5.29. The van der Waals surface area contributed by atoms with E-state index >= 15 is 0 Å². The standard InChI is InChI=1S/C16H27NO/c1-13-6-7-15(10-14(13)2)11-17-9-5-8-16(3,4)12-18/h6-7,10,17-18H,5,8-9,11-12H2,1-4H3. The van der Waals surface area contributed by atoms with Crippen molar-refractivity contribution >= 4 is 0 Å². The van der Waals surface area contributed by atoms with E-state index in [4.69, 9.17) is 5.11 Å². The van der Waals surface area contributed by atoms with Crippen molar-refractivity contribution < 1.29 is 5.11 Å². The number of nitrogens with one attached hydrogen (secondary N) is 1. The average Bonchev–Trinajstić information content (AvgIpc) is 2.33. The summed E-state index contributed by atoms with van der Waals surface area (Å²) in [6.07, 6.45) is 2.17. The molecule has 2 heteroatoms. The van der Waals surface area contributed by atoms with Crippen LogP contribution in [-0.2, 0) is 6.54 Å². The molecule has 0 bridgehead atoms. The Morgan fingerprint density at radius 2 is 1.89 bits per heavy atom. The maximum absolute atomic E-state index is 9.16. The maximum Gasteiger partial charge on any atom is 0.0482 e. The van der Waals surface area contributed by atoms with Gasteiger partial charge in [-0.05, 0) is 55.3 Å². The number of rotatable bonds is 7. The molecule has 0 aliphatic heterocycles. The Labute approximate surface area is 111 Å². The fourth-order valence-corrected chi connectivity index (χ4v) is 1.92. The molecule has 0 saturated carbocycles. The molecule has 0 atom stereocenters. The summed E-state index contributed by atoms with van der Waals surface area (Å²) in [6, 6.07) is 6.62. The first-order valence-electron chi connectivity index (χ1n) is 6.82. The first kappa shape index (κ1) is 15.2. The van der Waals surface area contributed by atoms with Crippen LogP contribution in [-0.4, -0.2) is 18.3 Å². The van der Waals surface area contributed by atoms with Crippen LogP contribution in [0.2, 0.25) is 0 Å². The van der Waals surface area contributed by atoms with E-state index in [0.29, 0.717) is 0 Å². The van der Waals surface area contributed by atoms with Gasteiger partial charge < -0.3 is 10.4 Å². The summed E-state index contributed by atoms with van der Waals surface area (Å²) in [6.45, 7) is 10.7. The molecule has 0 spiro atoms. The van der Waals surface area contributed by atoms with Gasteiger partial charge in [0.15, 0.2) is 0 Å². The van der Waals surface area contributed by atoms with Crippen LogP contribution in [0.15, 0.2) is 18.2 Å². The third-order valence-electron chi connectivity index (χ3n) is 3.54. The van der Waals surface area contributed by atoms with Crippen LogP contribution in [0.1, 0.15) is 43.4 Å². The van der Waals surface area contributed by atoms with Crippen LogP contribution >= 0.6 is 0 Å². The van der Waals surface area contributed by atoms with Crippen LogP contribution < -0.4 is 5.32 Å². The van der Waals surface area contributed by atoms with Crippen molar-refractivity contribution in [1.82, 2.24) is 5.32 Å². The minimum atomic E-state index is 0.0577. The molecule has 0 aliphatic rings. The normalized spacial score (nSPS) is 11.8. The third kappa shape index (κ3) is 5.19. The van der Waals surface area contributed by atoms with Gasteiger partial charge >= 0.3 is 0 Å². The number of aliphatic hydroxyl groups excluding tert-OH is 1. The van der Waals surface area contributed by atoms with E-state index in [1.165, 1.54) is 16.7 Å². The Bertz CT molecular complexity index is 371. The number of hydrogen-bond acceptors (Lipinski definition) is 2. The second-order valence-corrected chi connectivity index (χ2v) is 6.02. The molecule has 1 aromatic carbocycles. The molecule has 0 amide bonds. The Hall–Kier alpha value is -0.860. The summed E-state index contributed by atoms with van der Waals surface area (Å²) in [5.41, 5.74) is 4.11. The zero-order valence-electron chi connectivity index (χ0n) is 12.2. The maximum atomic E-state index is 9.16. The lowest BCUT2D eigenvalue weighted by Crippen LogP contribution is -2.20. The molecule has 102 valence electrons. The second kappa shape index (κ2) is 6.91. The highest BCUT2D eigenvalue weighted by Crippen LogP contribution is 2.20. The van der Waals surface area contributed by atoms with Gasteiger partial charge in [0, 0.05) is 13.2 Å². The first-order valence-corrected chi connectivity index (χ1v) is 6.82. The zero-order valence-corrected chi connectivity index (χ0v) is 12.2. The Morgan fingerprint density at radius 3 is 2.50 bits per heavy atom. The van der Waals surface area contributed by atoms with Crippen LogP contribution in [0.5, 0.6) is 0 Å². The number of aryl methyl sites for hydroxylation is 2. The van der Waals surface area contributed by atoms with Gasteiger partial charge in [-0.3, -0.25) is 0 Å². The molecule has 0 unspecified atom stereocenters. The quantitative estimate of drug-likeness (QED) is 0.727. The van der Waals surface area contributed by atoms with Crippen molar-refractivity contribution in [3.63, 3.8) is 0 Å². The molecule has 0 aliphatic carbocycles. The third-order valence-corrected chi connectivity index (χ3v) is 3.54. The van der Waals surface area contributed by atoms with Gasteiger partial charge in [0.2, 0.25) is 0 Å². The highest BCUT2D eigenvalue weighted by atomic mass is 16.3. The van der Waals surface area contributed by atoms with Crippen LogP contribution in [0.3, 0.4) is 0 Å². The molecule has 1 rings (SSSR count). The fourth-order valence-electron chi connectivity index (χ4n) is 1.92. The van der Waals surface area contributed by atoms with Crippen molar-refractivity contribution in [1.29, 1.82) is 0 Å². The fraction of sp³-hybridized carbons (Fsp3) is 0.625. The summed E-state index contributed by atoms with van der Waals surface area (Å²) >= 11 is 0. The van der Waals surface area contributed by atoms with Gasteiger partial charge in [0.1, 0.15) is 0 Å². The van der Waals surface area contributed by atoms with E-state index in [-0.39, 0.29) is 12.0 Å². The molecular formula is C16H27NO. The number of benzene rings is 1. The molecule has 2 N–H and O–H groups in total. The molecule has 0 heterocycles. The van der Waals surface area contributed by atoms with E-state index in [0.717, 1.165) is 25.9 Å². The van der Waals surface area contributed by atoms with Crippen molar-refractivity contribution in [3.8, 4) is 0 Å². The largest absolute Gasteiger partial charge is 0.396 e. The predicted molar refractivity (Wildman–Crippen MR) is 77.7 cm³/mol. The Balaban J connectivity index is 2.24. The number of hydrogen-bond donors (Lipinski definition) is 2. The molecular weight excluding hydrogens is 222 g/mol. The lowest BCUT2D eigenvalue weighted by Gasteiger charge is -2.21. The number of aliphatic hydroxyl groups is 1. The van der Waals surface area contributed by atoms with E-state index in [2.05, 4.69) is 51.2 Å². The van der Waals surface area contributed by atoms with E-state index in [9.17, 15) is 0 Å². The van der Waals surface area contributed by atoms with Gasteiger partial charge in [-0.1, -0.05) is 32.0 Å². The lowest BCUT2D eigenvalue weighted by atomic mass is 9.89. The van der Waals surface area contributed by atoms with Gasteiger partial charge in [0.05, 0.1) is 0 Å². The molecule has 0 saturated heterocycles. The van der Waals surface area contributed by atoms with E-state index < -0.39 is 0 Å². The van der Waals surface area contributed by atoms with E-state index in [1.54, 1.807) is 0 Å². The minimum absolute atomic E-state index is 0.0577. The van der Waals surface area contributed by atoms with Crippen LogP contribution in [0, 0.1) is 19.3 Å². The molecule has 2 nitrogen and oxygen atoms in total. The molecule has 0 fully saturated rings. The van der Waals surface area contributed by atoms with Gasteiger partial charge in [0.25, 0.3) is 0 Å². The second-order valence-electron chi connectivity index (χ2n) is 6.02. The van der Waals surface area contributed by atoms with Crippen LogP contribution in [0.4, 0.5) is 0 Å². The Kier molecular flexibility index (Phi) is 5.83. The summed E-state index contributed by atoms with van der Waals surface area (Å²) < 4.78 is 0. The van der Waals surface area contributed by atoms with Crippen molar-refractivity contribution in [2.75, 3.05) is 13.2 Å². The summed E-state index contributed by atoms with van der Waals surface area (Å²) in [4.78, 5) is 0. The molecule has 0 aromatic heterocycles. The SMILES string of the molecule is Cc1ccc(CNCCCC(C)(C)CO)cc1C. The topological polar surface area (TPSA) is 32.3 Å². The lowest BCUT2D eigenvalue weighted by molar-refractivity contribution is 0.148. The van der Waals surface area contributed by atoms with Gasteiger partial charge in [-0.15, -0.1) is 0 Å². The Morgan fingerprint density at radius 1 is 1.17 bits per heavy atom. The highest BCUT2D eigenvalue weighted by Gasteiger charge is 2.14. The van der Waals surface area contributed by atoms with Crippen molar-refractivity contribution in [2.45, 2.75) is 47.1 Å². The average molecular weight is 249 g/mol. The van der Waals surface area contributed by atoms with Crippen molar-refractivity contribution in [2.24, 2.45) is 5.41 Å². The molecule has 1 aromatic rings. The van der Waals surface area contributed by atoms with Crippen molar-refractivity contribution in [3.05, 3.63) is 34.9 Å². The minimum Gasteiger partial charge on any atom is -0.396 e. The molecule has 0 radical (unpaired) electrons. The smallest absolute Gasteiger partial charge is 0.0482 e. The van der Waals surface area contributed by atoms with Gasteiger partial charge in [-0.25, -0.2) is 0 Å². The predicted octanol–water partition coefficient (Wildman–Crippen LogP) is 3.19. The zero-order chi connectivity index (χ0) is 13.6. The van der Waals surface area contributed by atoms with Gasteiger partial charge in [-0.2, -0.15) is 0 Å². The van der Waals surface area contributed by atoms with E-state index in [1.807, 2.05) is 0 Å².